The van der Waals surface area contributed by atoms with Crippen molar-refractivity contribution in [3.63, 3.8) is 0 Å². The zero-order valence-corrected chi connectivity index (χ0v) is 44.0. The molecule has 0 bridgehead atoms. The number of phenolic OH excluding ortho intramolecular Hbond substituents is 1. The van der Waals surface area contributed by atoms with Gasteiger partial charge in [0, 0.05) is 19.3 Å². The van der Waals surface area contributed by atoms with Gasteiger partial charge in [-0.15, -0.1) is 0 Å². The number of halogens is 3. The summed E-state index contributed by atoms with van der Waals surface area (Å²) in [7, 11) is 0. The van der Waals surface area contributed by atoms with Crippen LogP contribution in [-0.2, 0) is 65.6 Å². The SMILES string of the molecule is C.CC[C@H](C)[C@H](NC(=O)[C@@H](N)CO)C(=O)N[C@@H](Cc1ccc(O)cc1)C(=O)N[C@@H](CC(N)=O)C(=O)N[C@@H](Cc1ccccc1)C(=O)N[C@@H](CCC(=O)O)C(=O)N[C@@H](CCCCN)C(=O)N[C@@H](CC(C)C)C(=O)O.O=C(O)C(F)(F)F. The Morgan fingerprint density at radius 2 is 1.04 bits per heavy atom. The number of benzene rings is 2. The number of aromatic hydroxyl groups is 1. The topological polar surface area (TPSA) is 451 Å². The van der Waals surface area contributed by atoms with Crippen LogP contribution in [0.15, 0.2) is 54.6 Å². The number of carbonyl (C=O) groups excluding carboxylic acids is 8. The summed E-state index contributed by atoms with van der Waals surface area (Å²) in [5.41, 5.74) is 17.8. The highest BCUT2D eigenvalue weighted by molar-refractivity contribution is 5.99. The van der Waals surface area contributed by atoms with Gasteiger partial charge in [-0.25, -0.2) is 9.59 Å². The number of carbonyl (C=O) groups is 11. The highest BCUT2D eigenvalue weighted by Crippen LogP contribution is 2.16. The number of carboxylic acids is 3. The normalized spacial score (nSPS) is 14.3. The molecule has 448 valence electrons. The van der Waals surface area contributed by atoms with Gasteiger partial charge >= 0.3 is 24.1 Å². The fraction of sp³-hybridized carbons (Fsp3) is 0.549. The molecule has 2 rings (SSSR count). The third-order valence-corrected chi connectivity index (χ3v) is 11.7. The van der Waals surface area contributed by atoms with E-state index in [1.54, 1.807) is 58.0 Å². The van der Waals surface area contributed by atoms with E-state index in [1.165, 1.54) is 24.3 Å². The van der Waals surface area contributed by atoms with E-state index in [2.05, 4.69) is 37.2 Å². The van der Waals surface area contributed by atoms with Crippen molar-refractivity contribution in [3.8, 4) is 5.75 Å². The lowest BCUT2D eigenvalue weighted by molar-refractivity contribution is -0.192. The molecule has 0 fully saturated rings. The molecule has 0 saturated carbocycles. The van der Waals surface area contributed by atoms with Gasteiger partial charge in [0.15, 0.2) is 0 Å². The Kier molecular flexibility index (Phi) is 32.7. The van der Waals surface area contributed by atoms with Crippen molar-refractivity contribution in [2.45, 2.75) is 154 Å². The van der Waals surface area contributed by atoms with Gasteiger partial charge in [-0.1, -0.05) is 84.0 Å². The number of unbranched alkanes of at least 4 members (excludes halogenated alkanes) is 1. The summed E-state index contributed by atoms with van der Waals surface area (Å²) in [4.78, 5) is 142. The predicted molar refractivity (Wildman–Crippen MR) is 281 cm³/mol. The van der Waals surface area contributed by atoms with Crippen molar-refractivity contribution in [2.75, 3.05) is 13.2 Å². The van der Waals surface area contributed by atoms with E-state index in [0.29, 0.717) is 30.4 Å². The third kappa shape index (κ3) is 27.6. The summed E-state index contributed by atoms with van der Waals surface area (Å²) < 4.78 is 31.7. The highest BCUT2D eigenvalue weighted by atomic mass is 19.4. The number of nitrogens with two attached hydrogens (primary N) is 3. The van der Waals surface area contributed by atoms with E-state index in [4.69, 9.17) is 27.1 Å². The van der Waals surface area contributed by atoms with E-state index < -0.39 is 151 Å². The van der Waals surface area contributed by atoms with Crippen LogP contribution in [0.5, 0.6) is 5.75 Å². The Morgan fingerprint density at radius 3 is 1.48 bits per heavy atom. The minimum Gasteiger partial charge on any atom is -0.508 e. The number of aliphatic hydroxyl groups is 1. The van der Waals surface area contributed by atoms with Crippen molar-refractivity contribution in [3.05, 3.63) is 65.7 Å². The average molecular weight is 1140 g/mol. The van der Waals surface area contributed by atoms with Crippen LogP contribution >= 0.6 is 0 Å². The Morgan fingerprint density at radius 1 is 0.600 bits per heavy atom. The maximum Gasteiger partial charge on any atom is 0.490 e. The molecule has 9 atom stereocenters. The standard InChI is InChI=1S/C48H72N10O14.C2HF3O2.CH4/c1-5-27(4)40(58-41(64)31(50)25-59)47(70)56-35(23-29-14-16-30(60)17-15-29)45(68)55-36(24-38(51)61)46(69)54-34(22-28-11-7-6-8-12-28)44(67)53-33(18-19-39(62)63)43(66)52-32(13-9-10-20-49)42(65)57-37(48(71)72)21-26(2)3;3-2(4,5)1(6)7;/h6-8,11-12,14-17,26-27,31-37,40,59-60H,5,9-10,13,18-25,49-50H2,1-4H3,(H2,51,61)(H,52,66)(H,53,67)(H,54,69)(H,55,68)(H,56,70)(H,57,65)(H,58,64)(H,62,63)(H,71,72);(H,6,7);1H4/t27-,31-,32-,33-,34-,35-,36-,37-,40-;;/m0../s1. The monoisotopic (exact) mass is 1140 g/mol. The maximum absolute atomic E-state index is 14.3. The first kappa shape index (κ1) is 72.1. The molecule has 18 N–H and O–H groups in total. The van der Waals surface area contributed by atoms with Crippen molar-refractivity contribution in [1.29, 1.82) is 0 Å². The number of phenols is 1. The summed E-state index contributed by atoms with van der Waals surface area (Å²) >= 11 is 0. The molecule has 0 radical (unpaired) electrons. The van der Waals surface area contributed by atoms with Crippen molar-refractivity contribution < 1.29 is 91.4 Å². The predicted octanol–water partition coefficient (Wildman–Crippen LogP) is -0.794. The molecule has 0 spiro atoms. The number of alkyl halides is 3. The molecule has 2 aromatic rings. The number of rotatable bonds is 33. The van der Waals surface area contributed by atoms with Gasteiger partial charge < -0.3 is 80.0 Å². The molecular formula is C51H77F3N10O16. The molecule has 29 heteroatoms. The van der Waals surface area contributed by atoms with Gasteiger partial charge in [0.25, 0.3) is 0 Å². The van der Waals surface area contributed by atoms with Crippen LogP contribution < -0.4 is 54.4 Å². The summed E-state index contributed by atoms with van der Waals surface area (Å²) in [6.45, 7) is 6.41. The molecule has 8 amide bonds. The van der Waals surface area contributed by atoms with E-state index in [0.717, 1.165) is 0 Å². The van der Waals surface area contributed by atoms with E-state index in [9.17, 15) is 81.5 Å². The average Bonchev–Trinajstić information content (AvgIpc) is 3.37. The molecule has 0 aliphatic rings. The number of nitrogens with one attached hydrogen (secondary N) is 7. The first-order valence-corrected chi connectivity index (χ1v) is 25.0. The first-order valence-electron chi connectivity index (χ1n) is 25.0. The van der Waals surface area contributed by atoms with Gasteiger partial charge in [0.05, 0.1) is 13.0 Å². The van der Waals surface area contributed by atoms with Gasteiger partial charge in [0.1, 0.15) is 54.1 Å². The second-order valence-corrected chi connectivity index (χ2v) is 18.7. The Bertz CT molecular complexity index is 2370. The molecule has 80 heavy (non-hydrogen) atoms. The van der Waals surface area contributed by atoms with Crippen molar-refractivity contribution >= 4 is 65.2 Å². The largest absolute Gasteiger partial charge is 0.508 e. The number of aliphatic carboxylic acids is 3. The Balaban J connectivity index is 0.00000727. The van der Waals surface area contributed by atoms with Crippen molar-refractivity contribution in [1.82, 2.24) is 37.2 Å². The van der Waals surface area contributed by atoms with E-state index in [1.807, 2.05) is 0 Å². The summed E-state index contributed by atoms with van der Waals surface area (Å²) in [5.74, 6) is -14.0. The fourth-order valence-electron chi connectivity index (χ4n) is 7.21. The first-order chi connectivity index (χ1) is 36.9. The molecule has 0 aromatic heterocycles. The molecule has 26 nitrogen and oxygen atoms in total. The van der Waals surface area contributed by atoms with Crippen LogP contribution in [-0.4, -0.2) is 158 Å². The summed E-state index contributed by atoms with van der Waals surface area (Å²) in [5, 5.41) is 63.2. The molecule has 0 heterocycles. The molecule has 0 unspecified atom stereocenters. The van der Waals surface area contributed by atoms with Crippen LogP contribution in [0.25, 0.3) is 0 Å². The van der Waals surface area contributed by atoms with Gasteiger partial charge in [-0.05, 0) is 73.7 Å². The fourth-order valence-corrected chi connectivity index (χ4v) is 7.21. The quantitative estimate of drug-likeness (QED) is 0.0389. The minimum absolute atomic E-state index is 0. The third-order valence-electron chi connectivity index (χ3n) is 11.7. The lowest BCUT2D eigenvalue weighted by Gasteiger charge is -2.29. The van der Waals surface area contributed by atoms with Crippen LogP contribution in [0.4, 0.5) is 13.2 Å². The number of carboxylic acid groups (broad SMARTS) is 3. The summed E-state index contributed by atoms with van der Waals surface area (Å²) in [6.07, 6.45) is -6.42. The molecular weight excluding hydrogens is 1070 g/mol. The van der Waals surface area contributed by atoms with Gasteiger partial charge in [-0.3, -0.25) is 43.2 Å². The Labute approximate surface area is 460 Å². The van der Waals surface area contributed by atoms with Crippen LogP contribution in [0.2, 0.25) is 0 Å². The lowest BCUT2D eigenvalue weighted by atomic mass is 9.96. The lowest BCUT2D eigenvalue weighted by Crippen LogP contribution is -2.61. The second-order valence-electron chi connectivity index (χ2n) is 18.7. The zero-order chi connectivity index (χ0) is 60.2. The van der Waals surface area contributed by atoms with Crippen LogP contribution in [0.3, 0.4) is 0 Å². The molecule has 2 aromatic carbocycles. The van der Waals surface area contributed by atoms with Gasteiger partial charge in [-0.2, -0.15) is 13.2 Å². The van der Waals surface area contributed by atoms with E-state index >= 15 is 0 Å². The zero-order valence-electron chi connectivity index (χ0n) is 44.0. The number of hydrogen-bond acceptors (Lipinski definition) is 15. The van der Waals surface area contributed by atoms with Crippen molar-refractivity contribution in [2.24, 2.45) is 29.0 Å². The number of amides is 8. The maximum atomic E-state index is 14.3. The smallest absolute Gasteiger partial charge is 0.490 e. The van der Waals surface area contributed by atoms with Crippen LogP contribution in [0, 0.1) is 11.8 Å². The number of hydrogen-bond donors (Lipinski definition) is 15. The highest BCUT2D eigenvalue weighted by Gasteiger charge is 2.39. The van der Waals surface area contributed by atoms with Crippen LogP contribution in [0.1, 0.15) is 97.6 Å². The second kappa shape index (κ2) is 36.3. The Hall–Kier alpha value is -7.92. The molecule has 0 saturated heterocycles. The molecule has 0 aliphatic heterocycles. The van der Waals surface area contributed by atoms with E-state index in [-0.39, 0.29) is 51.3 Å². The number of primary amides is 1. The van der Waals surface area contributed by atoms with Gasteiger partial charge in [0.2, 0.25) is 47.3 Å². The molecule has 0 aliphatic carbocycles. The minimum atomic E-state index is -5.08. The summed E-state index contributed by atoms with van der Waals surface area (Å²) in [6, 6.07) is 1.89. The number of aliphatic hydroxyl groups excluding tert-OH is 1.